The number of amides is 3. The van der Waals surface area contributed by atoms with Gasteiger partial charge in [0.1, 0.15) is 5.69 Å². The van der Waals surface area contributed by atoms with E-state index in [9.17, 15) is 23.6 Å². The summed E-state index contributed by atoms with van der Waals surface area (Å²) in [7, 11) is 0. The fourth-order valence-corrected chi connectivity index (χ4v) is 5.89. The molecule has 1 aliphatic heterocycles. The molecule has 37 heavy (non-hydrogen) atoms. The first-order valence-corrected chi connectivity index (χ1v) is 12.0. The van der Waals surface area contributed by atoms with Crippen LogP contribution < -0.4 is 11.5 Å². The standard InChI is InChI=1S/C25H20Cl2F2N6O2/c26-16-6-3-14(9-17(16)27)19-18(22(31)36)20-21(34(23(32)37)7-8-35(20)33-19)24(11-25(28,29)12-24)15-4-1-13(10-30)2-5-15/h1-6,9,21H,7-8,11-12H2,(H2,31,36)(H2,32,37). The zero-order valence-corrected chi connectivity index (χ0v) is 20.7. The van der Waals surface area contributed by atoms with Gasteiger partial charge in [-0.25, -0.2) is 13.6 Å². The van der Waals surface area contributed by atoms with E-state index in [0.717, 1.165) is 0 Å². The van der Waals surface area contributed by atoms with E-state index in [0.29, 0.717) is 21.7 Å². The Morgan fingerprint density at radius 1 is 1.05 bits per heavy atom. The molecule has 3 amide bonds. The highest BCUT2D eigenvalue weighted by molar-refractivity contribution is 6.42. The highest BCUT2D eigenvalue weighted by atomic mass is 35.5. The summed E-state index contributed by atoms with van der Waals surface area (Å²) in [6, 6.07) is 11.0. The number of alkyl halides is 2. The van der Waals surface area contributed by atoms with Crippen LogP contribution in [0.3, 0.4) is 0 Å². The first-order valence-electron chi connectivity index (χ1n) is 11.3. The Hall–Kier alpha value is -3.68. The second-order valence-electron chi connectivity index (χ2n) is 9.31. The van der Waals surface area contributed by atoms with Crippen molar-refractivity contribution in [2.45, 2.75) is 36.8 Å². The number of primary amides is 2. The van der Waals surface area contributed by atoms with Crippen molar-refractivity contribution in [2.24, 2.45) is 11.5 Å². The van der Waals surface area contributed by atoms with Crippen LogP contribution in [0, 0.1) is 11.3 Å². The van der Waals surface area contributed by atoms with Gasteiger partial charge in [0, 0.05) is 30.4 Å². The summed E-state index contributed by atoms with van der Waals surface area (Å²) in [5.41, 5.74) is 11.9. The molecule has 0 radical (unpaired) electrons. The van der Waals surface area contributed by atoms with Crippen molar-refractivity contribution in [1.82, 2.24) is 14.7 Å². The molecule has 2 heterocycles. The van der Waals surface area contributed by atoms with Gasteiger partial charge < -0.3 is 16.4 Å². The lowest BCUT2D eigenvalue weighted by Crippen LogP contribution is -2.61. The average Bonchev–Trinajstić information content (AvgIpc) is 3.23. The predicted octanol–water partition coefficient (Wildman–Crippen LogP) is 4.63. The molecular formula is C25H20Cl2F2N6O2. The molecule has 4 N–H and O–H groups in total. The second-order valence-corrected chi connectivity index (χ2v) is 10.1. The number of carbonyl (C=O) groups excluding carboxylic acids is 2. The molecule has 3 aromatic rings. The second kappa shape index (κ2) is 8.71. The van der Waals surface area contributed by atoms with Gasteiger partial charge in [-0.1, -0.05) is 41.4 Å². The van der Waals surface area contributed by atoms with Crippen molar-refractivity contribution in [3.63, 3.8) is 0 Å². The van der Waals surface area contributed by atoms with Crippen molar-refractivity contribution in [3.8, 4) is 17.3 Å². The van der Waals surface area contributed by atoms with Crippen LogP contribution in [0.25, 0.3) is 11.3 Å². The predicted molar refractivity (Wildman–Crippen MR) is 132 cm³/mol. The molecule has 2 aromatic carbocycles. The van der Waals surface area contributed by atoms with Crippen LogP contribution in [0.2, 0.25) is 10.0 Å². The van der Waals surface area contributed by atoms with Crippen molar-refractivity contribution < 1.29 is 18.4 Å². The number of rotatable bonds is 4. The van der Waals surface area contributed by atoms with Crippen LogP contribution >= 0.6 is 23.2 Å². The maximum Gasteiger partial charge on any atom is 0.315 e. The largest absolute Gasteiger partial charge is 0.365 e. The number of benzene rings is 2. The Kier molecular flexibility index (Phi) is 5.89. The number of urea groups is 1. The molecule has 8 nitrogen and oxygen atoms in total. The van der Waals surface area contributed by atoms with Crippen LogP contribution in [0.1, 0.15) is 46.1 Å². The topological polar surface area (TPSA) is 131 Å². The Bertz CT molecular complexity index is 1470. The molecule has 5 rings (SSSR count). The summed E-state index contributed by atoms with van der Waals surface area (Å²) < 4.78 is 30.7. The third-order valence-corrected chi connectivity index (χ3v) is 7.84. The molecule has 1 aliphatic carbocycles. The normalized spacial score (nSPS) is 19.4. The number of fused-ring (bicyclic) bond motifs is 1. The summed E-state index contributed by atoms with van der Waals surface area (Å²) in [5.74, 6) is -3.86. The fourth-order valence-electron chi connectivity index (χ4n) is 5.59. The highest BCUT2D eigenvalue weighted by Crippen LogP contribution is 2.62. The van der Waals surface area contributed by atoms with Gasteiger partial charge in [0.15, 0.2) is 0 Å². The maximum atomic E-state index is 14.6. The first kappa shape index (κ1) is 25.0. The lowest BCUT2D eigenvalue weighted by molar-refractivity contribution is -0.150. The van der Waals surface area contributed by atoms with Crippen LogP contribution in [0.4, 0.5) is 13.6 Å². The number of aromatic nitrogens is 2. The maximum absolute atomic E-state index is 14.6. The zero-order valence-electron chi connectivity index (χ0n) is 19.2. The molecule has 0 saturated heterocycles. The molecule has 1 atom stereocenters. The molecule has 1 saturated carbocycles. The lowest BCUT2D eigenvalue weighted by Gasteiger charge is -2.56. The molecular weight excluding hydrogens is 525 g/mol. The minimum atomic E-state index is -3.01. The van der Waals surface area contributed by atoms with Gasteiger partial charge in [0.05, 0.1) is 45.5 Å². The molecule has 1 fully saturated rings. The number of carbonyl (C=O) groups is 2. The molecule has 1 aromatic heterocycles. The van der Waals surface area contributed by atoms with Gasteiger partial charge in [-0.15, -0.1) is 0 Å². The van der Waals surface area contributed by atoms with E-state index < -0.39 is 42.2 Å². The smallest absolute Gasteiger partial charge is 0.315 e. The Morgan fingerprint density at radius 2 is 1.73 bits per heavy atom. The molecule has 1 unspecified atom stereocenters. The summed E-state index contributed by atoms with van der Waals surface area (Å²) >= 11 is 12.3. The molecule has 0 spiro atoms. The van der Waals surface area contributed by atoms with Gasteiger partial charge in [0.2, 0.25) is 5.92 Å². The summed E-state index contributed by atoms with van der Waals surface area (Å²) in [6.07, 6.45) is -1.21. The number of nitrogens with zero attached hydrogens (tertiary/aromatic N) is 4. The summed E-state index contributed by atoms with van der Waals surface area (Å²) in [6.45, 7) is 0.244. The number of hydrogen-bond acceptors (Lipinski definition) is 4. The van der Waals surface area contributed by atoms with Crippen LogP contribution in [-0.2, 0) is 12.0 Å². The molecule has 2 aliphatic rings. The fraction of sp³-hybridized carbons (Fsp3) is 0.280. The van der Waals surface area contributed by atoms with E-state index in [2.05, 4.69) is 5.10 Å². The summed E-state index contributed by atoms with van der Waals surface area (Å²) in [4.78, 5) is 26.8. The third kappa shape index (κ3) is 3.99. The van der Waals surface area contributed by atoms with Crippen molar-refractivity contribution >= 4 is 35.1 Å². The van der Waals surface area contributed by atoms with Crippen LogP contribution in [0.5, 0.6) is 0 Å². The van der Waals surface area contributed by atoms with E-state index in [-0.39, 0.29) is 35.1 Å². The van der Waals surface area contributed by atoms with E-state index in [1.54, 1.807) is 24.3 Å². The molecule has 190 valence electrons. The SMILES string of the molecule is N#Cc1ccc(C2(C3c4c(C(N)=O)c(-c5ccc(Cl)c(Cl)c5)nn4CCN3C(N)=O)CC(F)(F)C2)cc1. The van der Waals surface area contributed by atoms with E-state index in [1.165, 1.54) is 27.8 Å². The molecule has 12 heteroatoms. The van der Waals surface area contributed by atoms with Crippen molar-refractivity contribution in [3.05, 3.63) is 74.9 Å². The highest BCUT2D eigenvalue weighted by Gasteiger charge is 2.64. The Morgan fingerprint density at radius 3 is 2.27 bits per heavy atom. The van der Waals surface area contributed by atoms with E-state index in [4.69, 9.17) is 34.7 Å². The number of nitriles is 1. The number of hydrogen-bond donors (Lipinski definition) is 2. The Labute approximate surface area is 220 Å². The quantitative estimate of drug-likeness (QED) is 0.495. The minimum absolute atomic E-state index is 0.0161. The lowest BCUT2D eigenvalue weighted by atomic mass is 9.56. The van der Waals surface area contributed by atoms with Gasteiger partial charge in [-0.2, -0.15) is 10.4 Å². The first-order chi connectivity index (χ1) is 17.5. The van der Waals surface area contributed by atoms with Crippen LogP contribution in [-0.4, -0.2) is 39.1 Å². The van der Waals surface area contributed by atoms with Crippen molar-refractivity contribution in [2.75, 3.05) is 6.54 Å². The average molecular weight is 545 g/mol. The van der Waals surface area contributed by atoms with Gasteiger partial charge in [-0.3, -0.25) is 9.48 Å². The zero-order chi connectivity index (χ0) is 26.7. The minimum Gasteiger partial charge on any atom is -0.365 e. The van der Waals surface area contributed by atoms with E-state index >= 15 is 0 Å². The monoisotopic (exact) mass is 544 g/mol. The Balaban J connectivity index is 1.77. The van der Waals surface area contributed by atoms with Crippen LogP contribution in [0.15, 0.2) is 42.5 Å². The third-order valence-electron chi connectivity index (χ3n) is 7.10. The van der Waals surface area contributed by atoms with E-state index in [1.807, 2.05) is 6.07 Å². The van der Waals surface area contributed by atoms with Gasteiger partial charge >= 0.3 is 6.03 Å². The van der Waals surface area contributed by atoms with Gasteiger partial charge in [0.25, 0.3) is 5.91 Å². The van der Waals surface area contributed by atoms with Crippen molar-refractivity contribution in [1.29, 1.82) is 5.26 Å². The number of halogens is 4. The summed E-state index contributed by atoms with van der Waals surface area (Å²) in [5, 5.41) is 14.3. The molecule has 0 bridgehead atoms. The van der Waals surface area contributed by atoms with Gasteiger partial charge in [-0.05, 0) is 29.8 Å². The number of nitrogens with two attached hydrogens (primary N) is 2.